The number of rotatable bonds is 7. The van der Waals surface area contributed by atoms with Crippen molar-refractivity contribution in [1.82, 2.24) is 15.1 Å². The predicted octanol–water partition coefficient (Wildman–Crippen LogP) is 3.82. The van der Waals surface area contributed by atoms with E-state index in [1.165, 1.54) is 11.1 Å². The van der Waals surface area contributed by atoms with Crippen molar-refractivity contribution in [3.8, 4) is 0 Å². The van der Waals surface area contributed by atoms with Gasteiger partial charge in [0, 0.05) is 24.5 Å². The summed E-state index contributed by atoms with van der Waals surface area (Å²) in [5, 5.41) is 7.89. The predicted molar refractivity (Wildman–Crippen MR) is 88.2 cm³/mol. The lowest BCUT2D eigenvalue weighted by Crippen LogP contribution is -2.32. The molecule has 0 aliphatic carbocycles. The molecule has 2 aromatic rings. The monoisotopic (exact) mass is 285 g/mol. The Morgan fingerprint density at radius 1 is 1.10 bits per heavy atom. The van der Waals surface area contributed by atoms with Crippen LogP contribution in [0.5, 0.6) is 0 Å². The van der Waals surface area contributed by atoms with Gasteiger partial charge in [-0.2, -0.15) is 5.10 Å². The van der Waals surface area contributed by atoms with E-state index in [9.17, 15) is 0 Å². The fourth-order valence-electron chi connectivity index (χ4n) is 2.68. The summed E-state index contributed by atoms with van der Waals surface area (Å²) in [5.74, 6) is 0.709. The molecule has 0 spiro atoms. The third kappa shape index (κ3) is 5.01. The zero-order valence-corrected chi connectivity index (χ0v) is 13.6. The first-order valence-corrected chi connectivity index (χ1v) is 7.87. The fraction of sp³-hybridized carbons (Fsp3) is 0.500. The van der Waals surface area contributed by atoms with Gasteiger partial charge in [0.1, 0.15) is 0 Å². The first-order chi connectivity index (χ1) is 10.0. The third-order valence-corrected chi connectivity index (χ3v) is 3.68. The van der Waals surface area contributed by atoms with E-state index < -0.39 is 0 Å². The van der Waals surface area contributed by atoms with Gasteiger partial charge in [0.2, 0.25) is 0 Å². The molecule has 0 amide bonds. The van der Waals surface area contributed by atoms with Crippen molar-refractivity contribution in [2.45, 2.75) is 52.7 Å². The molecule has 21 heavy (non-hydrogen) atoms. The molecule has 0 saturated heterocycles. The van der Waals surface area contributed by atoms with E-state index in [4.69, 9.17) is 0 Å². The summed E-state index contributed by atoms with van der Waals surface area (Å²) in [7, 11) is 0. The molecule has 0 radical (unpaired) electrons. The van der Waals surface area contributed by atoms with Crippen molar-refractivity contribution in [3.05, 3.63) is 53.9 Å². The van der Waals surface area contributed by atoms with Crippen molar-refractivity contribution in [3.63, 3.8) is 0 Å². The van der Waals surface area contributed by atoms with Crippen molar-refractivity contribution < 1.29 is 0 Å². The number of benzene rings is 1. The zero-order valence-electron chi connectivity index (χ0n) is 13.6. The highest BCUT2D eigenvalue weighted by Crippen LogP contribution is 2.16. The first-order valence-electron chi connectivity index (χ1n) is 7.87. The number of hydrogen-bond acceptors (Lipinski definition) is 2. The summed E-state index contributed by atoms with van der Waals surface area (Å²) in [6.07, 6.45) is 4.98. The van der Waals surface area contributed by atoms with Crippen molar-refractivity contribution in [2.24, 2.45) is 5.92 Å². The van der Waals surface area contributed by atoms with Gasteiger partial charge in [-0.05, 0) is 43.4 Å². The number of aromatic nitrogens is 2. The third-order valence-electron chi connectivity index (χ3n) is 3.68. The summed E-state index contributed by atoms with van der Waals surface area (Å²) < 4.78 is 1.97. The lowest BCUT2D eigenvalue weighted by atomic mass is 9.99. The highest BCUT2D eigenvalue weighted by Gasteiger charge is 2.10. The van der Waals surface area contributed by atoms with E-state index in [2.05, 4.69) is 62.4 Å². The van der Waals surface area contributed by atoms with Crippen molar-refractivity contribution in [2.75, 3.05) is 0 Å². The summed E-state index contributed by atoms with van der Waals surface area (Å²) >= 11 is 0. The topological polar surface area (TPSA) is 29.9 Å². The standard InChI is InChI=1S/C18H27N3/c1-14(2)12-17-6-8-18(9-7-17)16(4)20-15(3)13-21-11-5-10-19-21/h5-11,14-16,20H,12-13H2,1-4H3. The van der Waals surface area contributed by atoms with E-state index in [0.717, 1.165) is 13.0 Å². The lowest BCUT2D eigenvalue weighted by Gasteiger charge is -2.20. The molecule has 1 aromatic carbocycles. The second-order valence-electron chi connectivity index (χ2n) is 6.36. The molecular formula is C18H27N3. The molecular weight excluding hydrogens is 258 g/mol. The van der Waals surface area contributed by atoms with Crippen LogP contribution in [-0.2, 0) is 13.0 Å². The van der Waals surface area contributed by atoms with Crippen LogP contribution in [-0.4, -0.2) is 15.8 Å². The Bertz CT molecular complexity index is 514. The lowest BCUT2D eigenvalue weighted by molar-refractivity contribution is 0.413. The zero-order chi connectivity index (χ0) is 15.2. The summed E-state index contributed by atoms with van der Waals surface area (Å²) in [4.78, 5) is 0. The molecule has 2 atom stereocenters. The van der Waals surface area contributed by atoms with Crippen LogP contribution in [0.15, 0.2) is 42.7 Å². The SMILES string of the molecule is CC(C)Cc1ccc(C(C)NC(C)Cn2cccn2)cc1. The maximum atomic E-state index is 4.25. The van der Waals surface area contributed by atoms with E-state index in [1.807, 2.05) is 23.1 Å². The van der Waals surface area contributed by atoms with Gasteiger partial charge in [-0.3, -0.25) is 4.68 Å². The van der Waals surface area contributed by atoms with Crippen LogP contribution < -0.4 is 5.32 Å². The summed E-state index contributed by atoms with van der Waals surface area (Å²) in [6.45, 7) is 9.83. The van der Waals surface area contributed by atoms with Gasteiger partial charge < -0.3 is 5.32 Å². The van der Waals surface area contributed by atoms with Crippen LogP contribution >= 0.6 is 0 Å². The van der Waals surface area contributed by atoms with Crippen molar-refractivity contribution in [1.29, 1.82) is 0 Å². The van der Waals surface area contributed by atoms with Crippen LogP contribution in [0, 0.1) is 5.92 Å². The summed E-state index contributed by atoms with van der Waals surface area (Å²) in [5.41, 5.74) is 2.76. The molecule has 1 heterocycles. The normalized spacial score (nSPS) is 14.3. The van der Waals surface area contributed by atoms with Gasteiger partial charge in [-0.15, -0.1) is 0 Å². The maximum Gasteiger partial charge on any atom is 0.0560 e. The molecule has 3 heteroatoms. The molecule has 0 fully saturated rings. The van der Waals surface area contributed by atoms with Gasteiger partial charge in [0.25, 0.3) is 0 Å². The molecule has 114 valence electrons. The molecule has 0 aliphatic rings. The molecule has 2 rings (SSSR count). The average molecular weight is 285 g/mol. The Hall–Kier alpha value is -1.61. The van der Waals surface area contributed by atoms with Gasteiger partial charge in [0.15, 0.2) is 0 Å². The molecule has 0 bridgehead atoms. The largest absolute Gasteiger partial charge is 0.306 e. The Balaban J connectivity index is 1.88. The minimum Gasteiger partial charge on any atom is -0.306 e. The second-order valence-corrected chi connectivity index (χ2v) is 6.36. The van der Waals surface area contributed by atoms with Gasteiger partial charge in [-0.1, -0.05) is 38.1 Å². The Morgan fingerprint density at radius 2 is 1.81 bits per heavy atom. The molecule has 2 unspecified atom stereocenters. The van der Waals surface area contributed by atoms with Crippen LogP contribution in [0.25, 0.3) is 0 Å². The summed E-state index contributed by atoms with van der Waals surface area (Å²) in [6, 6.07) is 11.7. The smallest absolute Gasteiger partial charge is 0.0560 e. The fourth-order valence-corrected chi connectivity index (χ4v) is 2.68. The van der Waals surface area contributed by atoms with Crippen LogP contribution in [0.2, 0.25) is 0 Å². The first kappa shape index (κ1) is 15.8. The van der Waals surface area contributed by atoms with Crippen LogP contribution in [0.4, 0.5) is 0 Å². The number of nitrogens with zero attached hydrogens (tertiary/aromatic N) is 2. The van der Waals surface area contributed by atoms with Crippen LogP contribution in [0.1, 0.15) is 44.9 Å². The quantitative estimate of drug-likeness (QED) is 0.838. The van der Waals surface area contributed by atoms with E-state index >= 15 is 0 Å². The molecule has 1 aromatic heterocycles. The van der Waals surface area contributed by atoms with E-state index in [-0.39, 0.29) is 0 Å². The Kier molecular flexibility index (Phi) is 5.57. The number of hydrogen-bond donors (Lipinski definition) is 1. The second kappa shape index (κ2) is 7.41. The minimum absolute atomic E-state index is 0.351. The molecule has 1 N–H and O–H groups in total. The highest BCUT2D eigenvalue weighted by molar-refractivity contribution is 5.25. The van der Waals surface area contributed by atoms with Gasteiger partial charge >= 0.3 is 0 Å². The molecule has 0 aliphatic heterocycles. The molecule has 3 nitrogen and oxygen atoms in total. The minimum atomic E-state index is 0.351. The maximum absolute atomic E-state index is 4.25. The number of nitrogens with one attached hydrogen (secondary N) is 1. The van der Waals surface area contributed by atoms with Crippen LogP contribution in [0.3, 0.4) is 0 Å². The van der Waals surface area contributed by atoms with Crippen molar-refractivity contribution >= 4 is 0 Å². The van der Waals surface area contributed by atoms with Gasteiger partial charge in [0.05, 0.1) is 6.54 Å². The molecule has 0 saturated carbocycles. The Morgan fingerprint density at radius 3 is 2.38 bits per heavy atom. The van der Waals surface area contributed by atoms with E-state index in [1.54, 1.807) is 0 Å². The van der Waals surface area contributed by atoms with E-state index in [0.29, 0.717) is 18.0 Å². The van der Waals surface area contributed by atoms with Gasteiger partial charge in [-0.25, -0.2) is 0 Å². The average Bonchev–Trinajstić information content (AvgIpc) is 2.91. The Labute approximate surface area is 128 Å². The highest BCUT2D eigenvalue weighted by atomic mass is 15.3.